The molecule has 0 aliphatic rings. The van der Waals surface area contributed by atoms with Crippen LogP contribution in [0.2, 0.25) is 0 Å². The van der Waals surface area contributed by atoms with Gasteiger partial charge in [0.05, 0.1) is 11.5 Å². The van der Waals surface area contributed by atoms with E-state index in [0.29, 0.717) is 17.2 Å². The number of aliphatic hydroxyl groups is 1. The summed E-state index contributed by atoms with van der Waals surface area (Å²) in [5, 5.41) is 9.25. The molecule has 0 amide bonds. The Morgan fingerprint density at radius 1 is 1.05 bits per heavy atom. The van der Waals surface area contributed by atoms with E-state index in [9.17, 15) is 13.5 Å². The maximum Gasteiger partial charge on any atom is 0.262 e. The topological polar surface area (TPSA) is 66.4 Å². The van der Waals surface area contributed by atoms with Gasteiger partial charge in [-0.15, -0.1) is 0 Å². The van der Waals surface area contributed by atoms with Crippen molar-refractivity contribution in [1.82, 2.24) is 0 Å². The second-order valence-electron chi connectivity index (χ2n) is 5.15. The largest absolute Gasteiger partial charge is 0.392 e. The molecule has 0 atom stereocenters. The van der Waals surface area contributed by atoms with Crippen LogP contribution >= 0.6 is 0 Å². The van der Waals surface area contributed by atoms with Crippen LogP contribution in [0.15, 0.2) is 53.4 Å². The molecule has 0 spiro atoms. The molecule has 0 aliphatic heterocycles. The van der Waals surface area contributed by atoms with Crippen LogP contribution in [0.25, 0.3) is 0 Å². The van der Waals surface area contributed by atoms with E-state index >= 15 is 0 Å². The summed E-state index contributed by atoms with van der Waals surface area (Å²) in [6.45, 7) is 3.84. The van der Waals surface area contributed by atoms with Crippen LogP contribution in [0.3, 0.4) is 0 Å². The Kier molecular flexibility index (Phi) is 4.65. The molecular formula is C16H19NO3S. The van der Waals surface area contributed by atoms with Crippen molar-refractivity contribution >= 4 is 15.7 Å². The molecule has 21 heavy (non-hydrogen) atoms. The van der Waals surface area contributed by atoms with Crippen LogP contribution in [0, 0.1) is 0 Å². The molecule has 0 heterocycles. The zero-order valence-electron chi connectivity index (χ0n) is 12.1. The zero-order valence-corrected chi connectivity index (χ0v) is 12.9. The fourth-order valence-electron chi connectivity index (χ4n) is 2.04. The van der Waals surface area contributed by atoms with Gasteiger partial charge in [0.1, 0.15) is 0 Å². The lowest BCUT2D eigenvalue weighted by molar-refractivity contribution is 0.278. The van der Waals surface area contributed by atoms with Gasteiger partial charge in [-0.05, 0) is 35.2 Å². The highest BCUT2D eigenvalue weighted by Crippen LogP contribution is 2.22. The molecule has 2 aromatic carbocycles. The van der Waals surface area contributed by atoms with Crippen molar-refractivity contribution in [3.05, 3.63) is 59.7 Å². The Hall–Kier alpha value is -1.85. The molecule has 0 radical (unpaired) electrons. The minimum atomic E-state index is -3.70. The predicted molar refractivity (Wildman–Crippen MR) is 83.7 cm³/mol. The Balaban J connectivity index is 2.29. The van der Waals surface area contributed by atoms with E-state index in [4.69, 9.17) is 0 Å². The summed E-state index contributed by atoms with van der Waals surface area (Å²) in [6.07, 6.45) is 0. The third-order valence-corrected chi connectivity index (χ3v) is 4.74. The highest BCUT2D eigenvalue weighted by Gasteiger charge is 2.17. The lowest BCUT2D eigenvalue weighted by Gasteiger charge is -2.12. The average Bonchev–Trinajstić information content (AvgIpc) is 2.47. The van der Waals surface area contributed by atoms with Crippen LogP contribution in [-0.2, 0) is 16.6 Å². The molecule has 0 aromatic heterocycles. The highest BCUT2D eigenvalue weighted by molar-refractivity contribution is 7.92. The quantitative estimate of drug-likeness (QED) is 0.892. The number of rotatable bonds is 5. The SMILES string of the molecule is CC(C)c1ccc(NS(=O)(=O)c2ccccc2CO)cc1. The van der Waals surface area contributed by atoms with Gasteiger partial charge in [-0.1, -0.05) is 44.2 Å². The summed E-state index contributed by atoms with van der Waals surface area (Å²) in [4.78, 5) is 0.0976. The second kappa shape index (κ2) is 6.28. The van der Waals surface area contributed by atoms with Crippen LogP contribution in [-0.4, -0.2) is 13.5 Å². The minimum absolute atomic E-state index is 0.0976. The molecule has 0 saturated carbocycles. The lowest BCUT2D eigenvalue weighted by Crippen LogP contribution is -2.15. The van der Waals surface area contributed by atoms with Crippen molar-refractivity contribution in [3.63, 3.8) is 0 Å². The highest BCUT2D eigenvalue weighted by atomic mass is 32.2. The molecule has 4 nitrogen and oxygen atoms in total. The van der Waals surface area contributed by atoms with Gasteiger partial charge >= 0.3 is 0 Å². The van der Waals surface area contributed by atoms with Crippen LogP contribution < -0.4 is 4.72 Å². The summed E-state index contributed by atoms with van der Waals surface area (Å²) >= 11 is 0. The van der Waals surface area contributed by atoms with Crippen molar-refractivity contribution in [2.75, 3.05) is 4.72 Å². The summed E-state index contributed by atoms with van der Waals surface area (Å²) in [7, 11) is -3.70. The number of aliphatic hydroxyl groups excluding tert-OH is 1. The molecule has 0 aliphatic carbocycles. The summed E-state index contributed by atoms with van der Waals surface area (Å²) in [5.41, 5.74) is 2.03. The fourth-order valence-corrected chi connectivity index (χ4v) is 3.33. The Morgan fingerprint density at radius 3 is 2.24 bits per heavy atom. The summed E-state index contributed by atoms with van der Waals surface area (Å²) in [5.74, 6) is 0.394. The number of hydrogen-bond donors (Lipinski definition) is 2. The van der Waals surface area contributed by atoms with Gasteiger partial charge in [-0.25, -0.2) is 8.42 Å². The Morgan fingerprint density at radius 2 is 1.67 bits per heavy atom. The minimum Gasteiger partial charge on any atom is -0.392 e. The molecule has 112 valence electrons. The van der Waals surface area contributed by atoms with Gasteiger partial charge < -0.3 is 5.11 Å². The van der Waals surface area contributed by atoms with Crippen LogP contribution in [0.4, 0.5) is 5.69 Å². The van der Waals surface area contributed by atoms with Gasteiger partial charge in [0.2, 0.25) is 0 Å². The fraction of sp³-hybridized carbons (Fsp3) is 0.250. The van der Waals surface area contributed by atoms with E-state index in [1.165, 1.54) is 6.07 Å². The van der Waals surface area contributed by atoms with Crippen LogP contribution in [0.1, 0.15) is 30.9 Å². The number of nitrogens with one attached hydrogen (secondary N) is 1. The smallest absolute Gasteiger partial charge is 0.262 e. The second-order valence-corrected chi connectivity index (χ2v) is 6.80. The van der Waals surface area contributed by atoms with Gasteiger partial charge in [0.15, 0.2) is 0 Å². The normalized spacial score (nSPS) is 11.6. The van der Waals surface area contributed by atoms with E-state index < -0.39 is 10.0 Å². The van der Waals surface area contributed by atoms with Gasteiger partial charge in [-0.3, -0.25) is 4.72 Å². The maximum absolute atomic E-state index is 12.4. The third kappa shape index (κ3) is 3.62. The van der Waals surface area contributed by atoms with E-state index in [1.807, 2.05) is 12.1 Å². The molecular weight excluding hydrogens is 286 g/mol. The standard InChI is InChI=1S/C16H19NO3S/c1-12(2)13-7-9-15(10-8-13)17-21(19,20)16-6-4-3-5-14(16)11-18/h3-10,12,17-18H,11H2,1-2H3. The number of anilines is 1. The first kappa shape index (κ1) is 15.5. The lowest BCUT2D eigenvalue weighted by atomic mass is 10.0. The molecule has 0 fully saturated rings. The molecule has 0 bridgehead atoms. The Bertz CT molecular complexity index is 707. The van der Waals surface area contributed by atoms with Gasteiger partial charge in [0, 0.05) is 5.69 Å². The summed E-state index contributed by atoms with van der Waals surface area (Å²) < 4.78 is 27.3. The third-order valence-electron chi connectivity index (χ3n) is 3.26. The number of benzene rings is 2. The van der Waals surface area contributed by atoms with E-state index in [0.717, 1.165) is 5.56 Å². The zero-order chi connectivity index (χ0) is 15.5. The first-order valence-electron chi connectivity index (χ1n) is 6.75. The molecule has 2 N–H and O–H groups in total. The van der Waals surface area contributed by atoms with Crippen molar-refractivity contribution in [2.45, 2.75) is 31.3 Å². The first-order valence-corrected chi connectivity index (χ1v) is 8.24. The van der Waals surface area contributed by atoms with Crippen molar-refractivity contribution in [3.8, 4) is 0 Å². The Labute approximate surface area is 125 Å². The average molecular weight is 305 g/mol. The molecule has 0 saturated heterocycles. The maximum atomic E-state index is 12.4. The molecule has 2 aromatic rings. The van der Waals surface area contributed by atoms with E-state index in [1.54, 1.807) is 30.3 Å². The van der Waals surface area contributed by atoms with Gasteiger partial charge in [-0.2, -0.15) is 0 Å². The number of sulfonamides is 1. The molecule has 5 heteroatoms. The molecule has 2 rings (SSSR count). The van der Waals surface area contributed by atoms with Gasteiger partial charge in [0.25, 0.3) is 10.0 Å². The van der Waals surface area contributed by atoms with E-state index in [-0.39, 0.29) is 11.5 Å². The van der Waals surface area contributed by atoms with Crippen molar-refractivity contribution < 1.29 is 13.5 Å². The first-order chi connectivity index (χ1) is 9.94. The van der Waals surface area contributed by atoms with Crippen molar-refractivity contribution in [1.29, 1.82) is 0 Å². The van der Waals surface area contributed by atoms with Crippen molar-refractivity contribution in [2.24, 2.45) is 0 Å². The van der Waals surface area contributed by atoms with E-state index in [2.05, 4.69) is 18.6 Å². The summed E-state index contributed by atoms with van der Waals surface area (Å²) in [6, 6.07) is 13.7. The van der Waals surface area contributed by atoms with Crippen LogP contribution in [0.5, 0.6) is 0 Å². The molecule has 0 unspecified atom stereocenters. The number of hydrogen-bond acceptors (Lipinski definition) is 3. The predicted octanol–water partition coefficient (Wildman–Crippen LogP) is 3.10. The monoisotopic (exact) mass is 305 g/mol.